The van der Waals surface area contributed by atoms with Gasteiger partial charge in [-0.2, -0.15) is 0 Å². The number of aliphatic hydroxyl groups is 1. The minimum atomic E-state index is -0.318. The summed E-state index contributed by atoms with van der Waals surface area (Å²) in [5.74, 6) is 0. The summed E-state index contributed by atoms with van der Waals surface area (Å²) >= 11 is 0. The van der Waals surface area contributed by atoms with Crippen molar-refractivity contribution in [2.24, 2.45) is 0 Å². The van der Waals surface area contributed by atoms with E-state index >= 15 is 0 Å². The fraction of sp³-hybridized carbons (Fsp3) is 0.643. The van der Waals surface area contributed by atoms with Crippen molar-refractivity contribution in [2.45, 2.75) is 12.5 Å². The predicted molar refractivity (Wildman–Crippen MR) is 74.1 cm³/mol. The molecule has 0 radical (unpaired) electrons. The summed E-state index contributed by atoms with van der Waals surface area (Å²) in [7, 11) is 0. The van der Waals surface area contributed by atoms with Crippen LogP contribution in [-0.4, -0.2) is 67.0 Å². The van der Waals surface area contributed by atoms with Crippen LogP contribution in [0.3, 0.4) is 0 Å². The second-order valence-corrected chi connectivity index (χ2v) is 4.84. The third-order valence-electron chi connectivity index (χ3n) is 3.24. The minimum absolute atomic E-state index is 0.318. The number of nitrogens with one attached hydrogen (secondary N) is 1. The zero-order chi connectivity index (χ0) is 13.3. The largest absolute Gasteiger partial charge is 0.390 e. The number of aliphatic hydroxyl groups excluding tert-OH is 1. The van der Waals surface area contributed by atoms with Gasteiger partial charge in [0.05, 0.1) is 19.3 Å². The van der Waals surface area contributed by atoms with Gasteiger partial charge in [-0.3, -0.25) is 9.88 Å². The maximum atomic E-state index is 9.94. The first kappa shape index (κ1) is 14.4. The highest BCUT2D eigenvalue weighted by atomic mass is 16.5. The number of aromatic nitrogens is 1. The van der Waals surface area contributed by atoms with Gasteiger partial charge in [-0.15, -0.1) is 0 Å². The molecule has 1 saturated heterocycles. The zero-order valence-electron chi connectivity index (χ0n) is 11.3. The fourth-order valence-electron chi connectivity index (χ4n) is 2.18. The second kappa shape index (κ2) is 8.22. The summed E-state index contributed by atoms with van der Waals surface area (Å²) in [6, 6.07) is 5.93. The number of nitrogens with zero attached hydrogens (tertiary/aromatic N) is 2. The molecule has 0 bridgehead atoms. The van der Waals surface area contributed by atoms with Crippen molar-refractivity contribution in [2.75, 3.05) is 45.9 Å². The van der Waals surface area contributed by atoms with E-state index in [0.717, 1.165) is 51.5 Å². The summed E-state index contributed by atoms with van der Waals surface area (Å²) < 4.78 is 5.28. The Kier molecular flexibility index (Phi) is 6.23. The normalized spacial score (nSPS) is 18.4. The van der Waals surface area contributed by atoms with E-state index in [1.165, 1.54) is 0 Å². The van der Waals surface area contributed by atoms with Crippen LogP contribution in [0.25, 0.3) is 0 Å². The molecule has 1 atom stereocenters. The first-order valence-corrected chi connectivity index (χ1v) is 6.93. The van der Waals surface area contributed by atoms with Gasteiger partial charge >= 0.3 is 0 Å². The molecule has 106 valence electrons. The lowest BCUT2D eigenvalue weighted by molar-refractivity contribution is 0.0150. The van der Waals surface area contributed by atoms with Crippen LogP contribution in [0.2, 0.25) is 0 Å². The van der Waals surface area contributed by atoms with Gasteiger partial charge in [0.2, 0.25) is 0 Å². The van der Waals surface area contributed by atoms with Crippen LogP contribution in [-0.2, 0) is 11.2 Å². The molecule has 0 amide bonds. The number of pyridine rings is 1. The molecular formula is C14H23N3O2. The Morgan fingerprint density at radius 2 is 2.21 bits per heavy atom. The molecule has 2 rings (SSSR count). The van der Waals surface area contributed by atoms with Crippen LogP contribution in [0.5, 0.6) is 0 Å². The quantitative estimate of drug-likeness (QED) is 0.675. The maximum Gasteiger partial charge on any atom is 0.0791 e. The van der Waals surface area contributed by atoms with Crippen LogP contribution >= 0.6 is 0 Å². The molecule has 0 spiro atoms. The first-order chi connectivity index (χ1) is 9.34. The van der Waals surface area contributed by atoms with E-state index in [1.54, 1.807) is 0 Å². The molecule has 1 unspecified atom stereocenters. The van der Waals surface area contributed by atoms with Gasteiger partial charge in [0.15, 0.2) is 0 Å². The third-order valence-corrected chi connectivity index (χ3v) is 3.24. The number of morpholine rings is 1. The molecule has 1 aliphatic heterocycles. The van der Waals surface area contributed by atoms with E-state index in [1.807, 2.05) is 24.4 Å². The van der Waals surface area contributed by atoms with Crippen molar-refractivity contribution < 1.29 is 9.84 Å². The Morgan fingerprint density at radius 1 is 1.37 bits per heavy atom. The Morgan fingerprint density at radius 3 is 2.95 bits per heavy atom. The van der Waals surface area contributed by atoms with E-state index < -0.39 is 0 Å². The Balaban J connectivity index is 1.55. The highest BCUT2D eigenvalue weighted by molar-refractivity contribution is 5.03. The van der Waals surface area contributed by atoms with Crippen LogP contribution in [0.1, 0.15) is 5.69 Å². The summed E-state index contributed by atoms with van der Waals surface area (Å²) in [5.41, 5.74) is 1.08. The van der Waals surface area contributed by atoms with Gasteiger partial charge in [-0.05, 0) is 12.1 Å². The van der Waals surface area contributed by atoms with E-state index in [2.05, 4.69) is 15.2 Å². The topological polar surface area (TPSA) is 57.6 Å². The molecule has 5 nitrogen and oxygen atoms in total. The van der Waals surface area contributed by atoms with Crippen LogP contribution in [0, 0.1) is 0 Å². The fourth-order valence-corrected chi connectivity index (χ4v) is 2.18. The lowest BCUT2D eigenvalue weighted by Crippen LogP contribution is -2.43. The molecule has 5 heteroatoms. The molecule has 19 heavy (non-hydrogen) atoms. The van der Waals surface area contributed by atoms with E-state index in [0.29, 0.717) is 6.54 Å². The number of ether oxygens (including phenoxy) is 1. The van der Waals surface area contributed by atoms with Gasteiger partial charge in [-0.25, -0.2) is 0 Å². The lowest BCUT2D eigenvalue weighted by Gasteiger charge is -2.28. The highest BCUT2D eigenvalue weighted by Crippen LogP contribution is 1.98. The van der Waals surface area contributed by atoms with Crippen LogP contribution in [0.4, 0.5) is 0 Å². The summed E-state index contributed by atoms with van der Waals surface area (Å²) in [4.78, 5) is 6.51. The van der Waals surface area contributed by atoms with E-state index in [-0.39, 0.29) is 6.10 Å². The standard InChI is InChI=1S/C14H23N3O2/c18-14(12-17-7-9-19-10-8-17)11-15-6-4-13-3-1-2-5-16-13/h1-3,5,14-15,18H,4,6-12H2. The monoisotopic (exact) mass is 265 g/mol. The SMILES string of the molecule is OC(CNCCc1ccccn1)CN1CCOCC1. The van der Waals surface area contributed by atoms with E-state index in [4.69, 9.17) is 4.74 Å². The zero-order valence-corrected chi connectivity index (χ0v) is 11.3. The van der Waals surface area contributed by atoms with Crippen molar-refractivity contribution >= 4 is 0 Å². The molecule has 1 aliphatic rings. The van der Waals surface area contributed by atoms with Gasteiger partial charge in [0, 0.05) is 51.0 Å². The van der Waals surface area contributed by atoms with Crippen molar-refractivity contribution in [1.29, 1.82) is 0 Å². The number of β-amino-alcohol motifs (C(OH)–C–C–N with tert-alkyl or cyclic N) is 1. The Hall–Kier alpha value is -1.01. The lowest BCUT2D eigenvalue weighted by atomic mass is 10.2. The molecule has 0 saturated carbocycles. The van der Waals surface area contributed by atoms with Gasteiger partial charge in [0.1, 0.15) is 0 Å². The van der Waals surface area contributed by atoms with Crippen molar-refractivity contribution in [3.8, 4) is 0 Å². The average molecular weight is 265 g/mol. The molecule has 1 aromatic heterocycles. The average Bonchev–Trinajstić information content (AvgIpc) is 2.46. The predicted octanol–water partition coefficient (Wildman–Crippen LogP) is -0.0932. The smallest absolute Gasteiger partial charge is 0.0791 e. The third kappa shape index (κ3) is 5.65. The maximum absolute atomic E-state index is 9.94. The summed E-state index contributed by atoms with van der Waals surface area (Å²) in [5, 5.41) is 13.2. The van der Waals surface area contributed by atoms with Crippen molar-refractivity contribution in [1.82, 2.24) is 15.2 Å². The van der Waals surface area contributed by atoms with Gasteiger partial charge < -0.3 is 15.2 Å². The van der Waals surface area contributed by atoms with Crippen LogP contribution in [0.15, 0.2) is 24.4 Å². The molecule has 1 aromatic rings. The highest BCUT2D eigenvalue weighted by Gasteiger charge is 2.14. The Bertz CT molecular complexity index is 342. The van der Waals surface area contributed by atoms with Gasteiger partial charge in [-0.1, -0.05) is 6.07 Å². The Labute approximate surface area is 114 Å². The molecule has 0 aliphatic carbocycles. The summed E-state index contributed by atoms with van der Waals surface area (Å²) in [6.07, 6.45) is 2.38. The first-order valence-electron chi connectivity index (χ1n) is 6.93. The number of hydrogen-bond donors (Lipinski definition) is 2. The minimum Gasteiger partial charge on any atom is -0.390 e. The molecule has 0 aromatic carbocycles. The molecular weight excluding hydrogens is 242 g/mol. The molecule has 1 fully saturated rings. The second-order valence-electron chi connectivity index (χ2n) is 4.84. The number of hydrogen-bond acceptors (Lipinski definition) is 5. The van der Waals surface area contributed by atoms with E-state index in [9.17, 15) is 5.11 Å². The molecule has 2 heterocycles. The van der Waals surface area contributed by atoms with Crippen molar-refractivity contribution in [3.05, 3.63) is 30.1 Å². The summed E-state index contributed by atoms with van der Waals surface area (Å²) in [6.45, 7) is 5.59. The number of rotatable bonds is 7. The van der Waals surface area contributed by atoms with Crippen molar-refractivity contribution in [3.63, 3.8) is 0 Å². The van der Waals surface area contributed by atoms with Crippen LogP contribution < -0.4 is 5.32 Å². The molecule has 2 N–H and O–H groups in total. The van der Waals surface area contributed by atoms with Gasteiger partial charge in [0.25, 0.3) is 0 Å².